The van der Waals surface area contributed by atoms with Gasteiger partial charge in [0.05, 0.1) is 24.1 Å². The molecule has 2 aliphatic heterocycles. The maximum atomic E-state index is 14.6. The fourth-order valence-corrected chi connectivity index (χ4v) is 5.68. The summed E-state index contributed by atoms with van der Waals surface area (Å²) in [4.78, 5) is 35.0. The van der Waals surface area contributed by atoms with Crippen LogP contribution < -0.4 is 15.0 Å². The number of imidazole rings is 1. The third kappa shape index (κ3) is 5.93. The number of aryl methyl sites for hydroxylation is 2. The quantitative estimate of drug-likeness (QED) is 0.272. The van der Waals surface area contributed by atoms with Crippen LogP contribution in [0.3, 0.4) is 0 Å². The predicted octanol–water partition coefficient (Wildman–Crippen LogP) is 4.57. The molecule has 0 spiro atoms. The number of fused-ring (bicyclic) bond motifs is 1. The van der Waals surface area contributed by atoms with Gasteiger partial charge in [-0.05, 0) is 43.7 Å². The molecule has 0 unspecified atom stereocenters. The number of hydrogen-bond donors (Lipinski definition) is 2. The van der Waals surface area contributed by atoms with Crippen molar-refractivity contribution in [3.05, 3.63) is 77.0 Å². The third-order valence-corrected chi connectivity index (χ3v) is 7.98. The number of benzene rings is 1. The highest BCUT2D eigenvalue weighted by Gasteiger charge is 2.40. The topological polar surface area (TPSA) is 127 Å². The van der Waals surface area contributed by atoms with E-state index in [9.17, 15) is 27.2 Å². The lowest BCUT2D eigenvalue weighted by atomic mass is 9.87. The van der Waals surface area contributed by atoms with Crippen molar-refractivity contribution in [1.82, 2.24) is 29.6 Å². The lowest BCUT2D eigenvalue weighted by Gasteiger charge is -2.40. The lowest BCUT2D eigenvalue weighted by molar-refractivity contribution is -0.141. The van der Waals surface area contributed by atoms with Gasteiger partial charge >= 0.3 is 12.3 Å². The van der Waals surface area contributed by atoms with Crippen LogP contribution in [0.5, 0.6) is 5.75 Å². The standard InChI is InChI=1S/C30H29F4N7O4/c1-3-41-14-23(27(38-41)30(32,33)34)21-8-17(11-39-7-6-35-16(39)2)9-22-25(42)18(15-45-26(21)22)10-19-4-5-24(31)28(36-19)40-12-20(13-40)37-29(43)44/h4-9,14,18,20,37H,3,10-13,15H2,1-2H3,(H,43,44)/t18-/m0/s1. The van der Waals surface area contributed by atoms with E-state index in [4.69, 9.17) is 9.84 Å². The summed E-state index contributed by atoms with van der Waals surface area (Å²) in [7, 11) is 0. The van der Waals surface area contributed by atoms with Gasteiger partial charge in [-0.15, -0.1) is 0 Å². The summed E-state index contributed by atoms with van der Waals surface area (Å²) < 4.78 is 66.0. The second kappa shape index (κ2) is 11.5. The second-order valence-electron chi connectivity index (χ2n) is 11.1. The monoisotopic (exact) mass is 627 g/mol. The van der Waals surface area contributed by atoms with E-state index in [0.717, 1.165) is 0 Å². The Morgan fingerprint density at radius 2 is 1.93 bits per heavy atom. The van der Waals surface area contributed by atoms with Crippen molar-refractivity contribution in [1.29, 1.82) is 0 Å². The zero-order chi connectivity index (χ0) is 32.0. The first kappa shape index (κ1) is 30.1. The van der Waals surface area contributed by atoms with E-state index in [-0.39, 0.29) is 79.3 Å². The molecule has 1 atom stereocenters. The molecule has 236 valence electrons. The molecule has 45 heavy (non-hydrogen) atoms. The summed E-state index contributed by atoms with van der Waals surface area (Å²) in [6.45, 7) is 4.31. The van der Waals surface area contributed by atoms with E-state index in [2.05, 4.69) is 20.4 Å². The third-order valence-electron chi connectivity index (χ3n) is 7.98. The van der Waals surface area contributed by atoms with Gasteiger partial charge in [0.1, 0.15) is 11.6 Å². The van der Waals surface area contributed by atoms with Crippen LogP contribution in [0.1, 0.15) is 40.1 Å². The Balaban J connectivity index is 1.34. The summed E-state index contributed by atoms with van der Waals surface area (Å²) in [5, 5.41) is 15.0. The number of hydrogen-bond acceptors (Lipinski definition) is 7. The average Bonchev–Trinajstić information content (AvgIpc) is 3.59. The van der Waals surface area contributed by atoms with Crippen LogP contribution in [0.2, 0.25) is 0 Å². The number of ketones is 1. The Labute approximate surface area is 254 Å². The first-order chi connectivity index (χ1) is 21.4. The van der Waals surface area contributed by atoms with Crippen molar-refractivity contribution in [2.45, 2.75) is 45.6 Å². The van der Waals surface area contributed by atoms with Crippen molar-refractivity contribution in [3.8, 4) is 16.9 Å². The fourth-order valence-electron chi connectivity index (χ4n) is 5.68. The lowest BCUT2D eigenvalue weighted by Crippen LogP contribution is -2.59. The van der Waals surface area contributed by atoms with Crippen LogP contribution >= 0.6 is 0 Å². The van der Waals surface area contributed by atoms with E-state index < -0.39 is 29.7 Å². The molecule has 5 heterocycles. The second-order valence-corrected chi connectivity index (χ2v) is 11.1. The molecule has 1 amide bonds. The van der Waals surface area contributed by atoms with Crippen LogP contribution in [0, 0.1) is 18.7 Å². The molecular formula is C30H29F4N7O4. The molecule has 2 aliphatic rings. The number of alkyl halides is 3. The zero-order valence-electron chi connectivity index (χ0n) is 24.3. The molecule has 15 heteroatoms. The summed E-state index contributed by atoms with van der Waals surface area (Å²) >= 11 is 0. The Morgan fingerprint density at radius 1 is 1.18 bits per heavy atom. The molecule has 1 fully saturated rings. The van der Waals surface area contributed by atoms with Gasteiger partial charge in [-0.25, -0.2) is 19.2 Å². The Morgan fingerprint density at radius 3 is 2.60 bits per heavy atom. The highest BCUT2D eigenvalue weighted by atomic mass is 19.4. The van der Waals surface area contributed by atoms with Gasteiger partial charge in [0.15, 0.2) is 23.1 Å². The molecule has 0 radical (unpaired) electrons. The van der Waals surface area contributed by atoms with Crippen molar-refractivity contribution in [3.63, 3.8) is 0 Å². The summed E-state index contributed by atoms with van der Waals surface area (Å²) in [5.41, 5.74) is -0.0171. The number of amides is 1. The number of anilines is 1. The van der Waals surface area contributed by atoms with Gasteiger partial charge in [0, 0.05) is 68.0 Å². The molecule has 2 N–H and O–H groups in total. The van der Waals surface area contributed by atoms with Crippen LogP contribution in [0.25, 0.3) is 11.1 Å². The van der Waals surface area contributed by atoms with E-state index >= 15 is 0 Å². The van der Waals surface area contributed by atoms with Crippen molar-refractivity contribution >= 4 is 17.7 Å². The maximum Gasteiger partial charge on any atom is 0.435 e. The van der Waals surface area contributed by atoms with E-state index in [1.165, 1.54) is 23.0 Å². The molecule has 0 saturated carbocycles. The van der Waals surface area contributed by atoms with Gasteiger partial charge in [-0.3, -0.25) is 9.48 Å². The Kier molecular flexibility index (Phi) is 7.70. The molecular weight excluding hydrogens is 598 g/mol. The highest BCUT2D eigenvalue weighted by molar-refractivity contribution is 6.04. The molecule has 1 aromatic carbocycles. The van der Waals surface area contributed by atoms with Crippen molar-refractivity contribution in [2.75, 3.05) is 24.6 Å². The summed E-state index contributed by atoms with van der Waals surface area (Å²) in [5.74, 6) is -0.862. The number of nitrogens with one attached hydrogen (secondary N) is 1. The number of carbonyl (C=O) groups is 2. The minimum absolute atomic E-state index is 0.0495. The molecule has 0 aliphatic carbocycles. The van der Waals surface area contributed by atoms with Gasteiger partial charge in [-0.2, -0.15) is 18.3 Å². The normalized spacial score (nSPS) is 16.7. The van der Waals surface area contributed by atoms with Crippen LogP contribution in [0.4, 0.5) is 28.2 Å². The number of aromatic nitrogens is 5. The molecule has 3 aromatic heterocycles. The number of ether oxygens (including phenoxy) is 1. The average molecular weight is 628 g/mol. The van der Waals surface area contributed by atoms with Gasteiger partial charge in [0.2, 0.25) is 0 Å². The number of nitrogens with zero attached hydrogens (tertiary/aromatic N) is 6. The Bertz CT molecular complexity index is 1780. The van der Waals surface area contributed by atoms with Crippen LogP contribution in [-0.4, -0.2) is 67.0 Å². The minimum atomic E-state index is -4.74. The predicted molar refractivity (Wildman–Crippen MR) is 153 cm³/mol. The molecule has 11 nitrogen and oxygen atoms in total. The molecule has 6 rings (SSSR count). The maximum absolute atomic E-state index is 14.6. The van der Waals surface area contributed by atoms with Gasteiger partial charge in [0.25, 0.3) is 0 Å². The number of carbonyl (C=O) groups excluding carboxylic acids is 1. The van der Waals surface area contributed by atoms with Gasteiger partial charge < -0.3 is 24.6 Å². The first-order valence-electron chi connectivity index (χ1n) is 14.3. The van der Waals surface area contributed by atoms with E-state index in [1.807, 2.05) is 4.57 Å². The van der Waals surface area contributed by atoms with Crippen LogP contribution in [-0.2, 0) is 25.7 Å². The molecule has 4 aromatic rings. The number of carboxylic acid groups (broad SMARTS) is 1. The van der Waals surface area contributed by atoms with Crippen molar-refractivity contribution < 1.29 is 37.0 Å². The number of halogens is 4. The number of rotatable bonds is 8. The van der Waals surface area contributed by atoms with Crippen LogP contribution in [0.15, 0.2) is 42.9 Å². The number of Topliss-reactive ketones (excluding diaryl/α,β-unsaturated/α-hetero) is 1. The fraction of sp³-hybridized carbons (Fsp3) is 0.367. The highest BCUT2D eigenvalue weighted by Crippen LogP contribution is 2.44. The number of pyridine rings is 1. The van der Waals surface area contributed by atoms with Gasteiger partial charge in [-0.1, -0.05) is 0 Å². The first-order valence-corrected chi connectivity index (χ1v) is 14.3. The van der Waals surface area contributed by atoms with E-state index in [1.54, 1.807) is 43.3 Å². The molecule has 1 saturated heterocycles. The Hall–Kier alpha value is -4.95. The SMILES string of the molecule is CCn1cc(-c2cc(Cn3ccnc3C)cc3c2OC[C@H](Cc2ccc(F)c(N4CC(NC(=O)O)C4)n2)C3=O)c(C(F)(F)F)n1. The van der Waals surface area contributed by atoms with Crippen molar-refractivity contribution in [2.24, 2.45) is 5.92 Å². The minimum Gasteiger partial charge on any atom is -0.491 e. The largest absolute Gasteiger partial charge is 0.491 e. The summed E-state index contributed by atoms with van der Waals surface area (Å²) in [6, 6.07) is 5.57. The smallest absolute Gasteiger partial charge is 0.435 e. The zero-order valence-corrected chi connectivity index (χ0v) is 24.3. The molecule has 0 bridgehead atoms. The van der Waals surface area contributed by atoms with E-state index in [0.29, 0.717) is 17.1 Å². The summed E-state index contributed by atoms with van der Waals surface area (Å²) in [6.07, 6.45) is -1.16.